The quantitative estimate of drug-likeness (QED) is 0.364. The Kier molecular flexibility index (Phi) is 7.38. The lowest BCUT2D eigenvalue weighted by atomic mass is 10.1. The first kappa shape index (κ1) is 26.7. The fourth-order valence-corrected chi connectivity index (χ4v) is 2.66. The zero-order valence-electron chi connectivity index (χ0n) is 17.9. The van der Waals surface area contributed by atoms with E-state index >= 15 is 0 Å². The Morgan fingerprint density at radius 2 is 1.56 bits per heavy atom. The van der Waals surface area contributed by atoms with Gasteiger partial charge in [0.2, 0.25) is 0 Å². The molecule has 1 atom stereocenters. The molecule has 0 aliphatic heterocycles. The van der Waals surface area contributed by atoms with Crippen LogP contribution in [-0.4, -0.2) is 41.0 Å². The lowest BCUT2D eigenvalue weighted by molar-refractivity contribution is -0.343. The van der Waals surface area contributed by atoms with Crippen LogP contribution in [-0.2, 0) is 9.59 Å². The van der Waals surface area contributed by atoms with Gasteiger partial charge in [-0.2, -0.15) is 30.7 Å². The topological polar surface area (TPSA) is 87.7 Å². The summed E-state index contributed by atoms with van der Waals surface area (Å²) in [6.07, 6.45) is -7.72. The van der Waals surface area contributed by atoms with Gasteiger partial charge in [-0.25, -0.2) is 0 Å². The van der Waals surface area contributed by atoms with Crippen LogP contribution >= 0.6 is 0 Å². The average molecular weight is 496 g/mol. The molecule has 0 heterocycles. The summed E-state index contributed by atoms with van der Waals surface area (Å²) in [6, 6.07) is 7.73. The maximum atomic E-state index is 13.4. The number of phenolic OH excluding ortho intramolecular Hbond substituents is 1. The second-order valence-corrected chi connectivity index (χ2v) is 7.35. The van der Waals surface area contributed by atoms with E-state index in [9.17, 15) is 45.4 Å². The second kappa shape index (κ2) is 9.39. The monoisotopic (exact) mass is 496 g/mol. The van der Waals surface area contributed by atoms with Crippen molar-refractivity contribution < 1.29 is 50.2 Å². The number of hydrogen-bond acceptors (Lipinski definition) is 4. The third-order valence-corrected chi connectivity index (χ3v) is 4.55. The van der Waals surface area contributed by atoms with Crippen LogP contribution in [0.25, 0.3) is 0 Å². The molecule has 2 aromatic rings. The summed E-state index contributed by atoms with van der Waals surface area (Å²) in [5.74, 6) is -17.0. The number of nitrogens with one attached hydrogen (secondary N) is 2. The number of anilines is 2. The van der Waals surface area contributed by atoms with Crippen LogP contribution in [0.2, 0.25) is 0 Å². The molecular weight excluding hydrogens is 477 g/mol. The predicted octanol–water partition coefficient (Wildman–Crippen LogP) is 5.19. The number of ether oxygens (including phenoxy) is 1. The van der Waals surface area contributed by atoms with E-state index < -0.39 is 47.4 Å². The minimum atomic E-state index is -6.69. The lowest BCUT2D eigenvalue weighted by Crippen LogP contribution is -2.57. The molecule has 0 radical (unpaired) electrons. The number of aromatic hydroxyl groups is 1. The highest BCUT2D eigenvalue weighted by Gasteiger charge is 2.76. The van der Waals surface area contributed by atoms with Crippen molar-refractivity contribution in [3.63, 3.8) is 0 Å². The van der Waals surface area contributed by atoms with Gasteiger partial charge in [-0.15, -0.1) is 0 Å². The van der Waals surface area contributed by atoms with Gasteiger partial charge in [0.15, 0.2) is 6.10 Å². The smallest absolute Gasteiger partial charge is 0.460 e. The summed E-state index contributed by atoms with van der Waals surface area (Å²) >= 11 is 0. The molecule has 2 amide bonds. The van der Waals surface area contributed by atoms with Crippen LogP contribution in [0.5, 0.6) is 11.5 Å². The third-order valence-electron chi connectivity index (χ3n) is 4.55. The van der Waals surface area contributed by atoms with E-state index in [2.05, 4.69) is 5.32 Å². The highest BCUT2D eigenvalue weighted by atomic mass is 19.4. The largest absolute Gasteiger partial charge is 0.506 e. The number of amides is 2. The Balaban J connectivity index is 2.10. The van der Waals surface area contributed by atoms with Gasteiger partial charge in [0.1, 0.15) is 11.5 Å². The van der Waals surface area contributed by atoms with Crippen molar-refractivity contribution in [2.45, 2.75) is 44.9 Å². The Hall–Kier alpha value is -3.51. The standard InChI is InChI=1S/C21H19F7N2O4/c1-10-4-7-16(11(2)8-10)34-12(3)17(32)29-13-5-6-14(15(31)9-13)30-18(33)19(22,23)20(24,25)21(26,27)28/h4-9,12,31H,1-3H3,(H,29,32)(H,30,33). The summed E-state index contributed by atoms with van der Waals surface area (Å²) in [4.78, 5) is 23.7. The minimum Gasteiger partial charge on any atom is -0.506 e. The average Bonchev–Trinajstić information content (AvgIpc) is 2.70. The van der Waals surface area contributed by atoms with Gasteiger partial charge in [-0.3, -0.25) is 9.59 Å². The number of phenols is 1. The number of alkyl halides is 7. The molecule has 0 fully saturated rings. The van der Waals surface area contributed by atoms with Crippen molar-refractivity contribution in [3.8, 4) is 11.5 Å². The van der Waals surface area contributed by atoms with Crippen LogP contribution in [0.15, 0.2) is 36.4 Å². The van der Waals surface area contributed by atoms with Gasteiger partial charge in [-0.1, -0.05) is 17.7 Å². The SMILES string of the molecule is Cc1ccc(OC(C)C(=O)Nc2ccc(NC(=O)C(F)(F)C(F)(F)C(F)(F)F)c(O)c2)c(C)c1. The van der Waals surface area contributed by atoms with Crippen LogP contribution in [0.3, 0.4) is 0 Å². The van der Waals surface area contributed by atoms with Crippen LogP contribution in [0.4, 0.5) is 42.1 Å². The van der Waals surface area contributed by atoms with Gasteiger partial charge in [0.25, 0.3) is 5.91 Å². The molecule has 13 heteroatoms. The maximum absolute atomic E-state index is 13.4. The van der Waals surface area contributed by atoms with Crippen molar-refractivity contribution in [1.29, 1.82) is 0 Å². The second-order valence-electron chi connectivity index (χ2n) is 7.35. The van der Waals surface area contributed by atoms with Crippen molar-refractivity contribution >= 4 is 23.2 Å². The first-order valence-electron chi connectivity index (χ1n) is 9.49. The number of carbonyl (C=O) groups is 2. The molecule has 186 valence electrons. The molecular formula is C21H19F7N2O4. The molecule has 0 spiro atoms. The summed E-state index contributed by atoms with van der Waals surface area (Å²) in [5, 5.41) is 13.3. The molecule has 2 aromatic carbocycles. The van der Waals surface area contributed by atoms with Gasteiger partial charge in [-0.05, 0) is 44.5 Å². The number of benzene rings is 2. The zero-order chi connectivity index (χ0) is 26.1. The Morgan fingerprint density at radius 1 is 0.941 bits per heavy atom. The Morgan fingerprint density at radius 3 is 2.09 bits per heavy atom. The van der Waals surface area contributed by atoms with E-state index in [0.29, 0.717) is 5.75 Å². The zero-order valence-corrected chi connectivity index (χ0v) is 17.9. The molecule has 3 N–H and O–H groups in total. The van der Waals surface area contributed by atoms with Crippen molar-refractivity contribution in [2.24, 2.45) is 0 Å². The van der Waals surface area contributed by atoms with Crippen LogP contribution < -0.4 is 15.4 Å². The van der Waals surface area contributed by atoms with E-state index in [0.717, 1.165) is 34.6 Å². The molecule has 0 saturated carbocycles. The first-order valence-corrected chi connectivity index (χ1v) is 9.49. The van der Waals surface area contributed by atoms with E-state index in [-0.39, 0.29) is 5.69 Å². The van der Waals surface area contributed by atoms with Gasteiger partial charge < -0.3 is 20.5 Å². The normalized spacial score (nSPS) is 13.2. The molecule has 0 bridgehead atoms. The summed E-state index contributed by atoms with van der Waals surface area (Å²) in [5.41, 5.74) is 0.749. The highest BCUT2D eigenvalue weighted by molar-refractivity contribution is 5.99. The lowest BCUT2D eigenvalue weighted by Gasteiger charge is -2.27. The van der Waals surface area contributed by atoms with E-state index in [1.54, 1.807) is 19.1 Å². The van der Waals surface area contributed by atoms with E-state index in [1.165, 1.54) is 6.92 Å². The van der Waals surface area contributed by atoms with Crippen molar-refractivity contribution in [2.75, 3.05) is 10.6 Å². The first-order chi connectivity index (χ1) is 15.5. The molecule has 6 nitrogen and oxygen atoms in total. The summed E-state index contributed by atoms with van der Waals surface area (Å²) < 4.78 is 95.1. The molecule has 0 aromatic heterocycles. The van der Waals surface area contributed by atoms with E-state index in [4.69, 9.17) is 4.74 Å². The van der Waals surface area contributed by atoms with Crippen molar-refractivity contribution in [1.82, 2.24) is 0 Å². The summed E-state index contributed by atoms with van der Waals surface area (Å²) in [7, 11) is 0. The Labute approximate surface area is 188 Å². The minimum absolute atomic E-state index is 0.107. The molecule has 1 unspecified atom stereocenters. The molecule has 0 aliphatic rings. The van der Waals surface area contributed by atoms with Crippen LogP contribution in [0.1, 0.15) is 18.1 Å². The third kappa shape index (κ3) is 5.51. The maximum Gasteiger partial charge on any atom is 0.460 e. The van der Waals surface area contributed by atoms with Gasteiger partial charge in [0.05, 0.1) is 5.69 Å². The number of aryl methyl sites for hydroxylation is 2. The fourth-order valence-electron chi connectivity index (χ4n) is 2.66. The van der Waals surface area contributed by atoms with Crippen LogP contribution in [0, 0.1) is 13.8 Å². The molecule has 34 heavy (non-hydrogen) atoms. The molecule has 0 aliphatic carbocycles. The Bertz CT molecular complexity index is 1090. The molecule has 0 saturated heterocycles. The number of rotatable bonds is 7. The predicted molar refractivity (Wildman–Crippen MR) is 107 cm³/mol. The van der Waals surface area contributed by atoms with Gasteiger partial charge in [0, 0.05) is 11.8 Å². The van der Waals surface area contributed by atoms with E-state index in [1.807, 2.05) is 13.0 Å². The summed E-state index contributed by atoms with van der Waals surface area (Å²) in [6.45, 7) is 5.06. The van der Waals surface area contributed by atoms with Gasteiger partial charge >= 0.3 is 23.9 Å². The number of halogens is 7. The highest BCUT2D eigenvalue weighted by Crippen LogP contribution is 2.47. The fraction of sp³-hybridized carbons (Fsp3) is 0.333. The number of carbonyl (C=O) groups excluding carboxylic acids is 2. The van der Waals surface area contributed by atoms with Crippen molar-refractivity contribution in [3.05, 3.63) is 47.5 Å². The molecule has 2 rings (SSSR count). The number of hydrogen-bond donors (Lipinski definition) is 3.